The number of nitrogens with zero attached hydrogens (tertiary/aromatic N) is 2. The van der Waals surface area contributed by atoms with Crippen LogP contribution in [0.5, 0.6) is 0 Å². The topological polar surface area (TPSA) is 80.4 Å². The maximum atomic E-state index is 12.4. The van der Waals surface area contributed by atoms with Crippen LogP contribution in [0, 0.1) is 5.41 Å². The van der Waals surface area contributed by atoms with Crippen molar-refractivity contribution in [1.82, 2.24) is 10.3 Å². The summed E-state index contributed by atoms with van der Waals surface area (Å²) in [6.07, 6.45) is 3.40. The lowest BCUT2D eigenvalue weighted by Gasteiger charge is -2.19. The average molecular weight is 310 g/mol. The van der Waals surface area contributed by atoms with Crippen LogP contribution >= 0.6 is 0 Å². The van der Waals surface area contributed by atoms with Gasteiger partial charge in [-0.1, -0.05) is 32.9 Å². The molecule has 0 aliphatic heterocycles. The molecule has 0 spiro atoms. The summed E-state index contributed by atoms with van der Waals surface area (Å²) in [5.41, 5.74) is 7.81. The zero-order chi connectivity index (χ0) is 17.0. The number of amidine groups is 1. The summed E-state index contributed by atoms with van der Waals surface area (Å²) in [4.78, 5) is 20.7. The van der Waals surface area contributed by atoms with Crippen LogP contribution in [0.1, 0.15) is 31.1 Å². The van der Waals surface area contributed by atoms with Gasteiger partial charge in [0.15, 0.2) is 0 Å². The molecule has 2 aromatic rings. The third kappa shape index (κ3) is 4.16. The minimum Gasteiger partial charge on any atom is -0.401 e. The highest BCUT2D eigenvalue weighted by Crippen LogP contribution is 2.20. The minimum absolute atomic E-state index is 0.187. The van der Waals surface area contributed by atoms with Gasteiger partial charge in [-0.25, -0.2) is 0 Å². The van der Waals surface area contributed by atoms with Crippen LogP contribution in [0.2, 0.25) is 0 Å². The summed E-state index contributed by atoms with van der Waals surface area (Å²) >= 11 is 0. The van der Waals surface area contributed by atoms with Crippen molar-refractivity contribution in [2.24, 2.45) is 16.1 Å². The van der Waals surface area contributed by atoms with Gasteiger partial charge in [-0.15, -0.1) is 0 Å². The lowest BCUT2D eigenvalue weighted by molar-refractivity contribution is 0.0977. The molecule has 1 aromatic heterocycles. The van der Waals surface area contributed by atoms with Gasteiger partial charge in [0, 0.05) is 35.3 Å². The molecule has 120 valence electrons. The Morgan fingerprint density at radius 3 is 2.70 bits per heavy atom. The highest BCUT2D eigenvalue weighted by atomic mass is 16.1. The van der Waals surface area contributed by atoms with E-state index < -0.39 is 0 Å². The number of allylic oxidation sites excluding steroid dienone is 1. The fourth-order valence-corrected chi connectivity index (χ4v) is 1.92. The molecule has 0 saturated carbocycles. The van der Waals surface area contributed by atoms with Crippen LogP contribution in [0.25, 0.3) is 10.9 Å². The number of hydrogen-bond donors (Lipinski definition) is 2. The van der Waals surface area contributed by atoms with Crippen molar-refractivity contribution in [3.63, 3.8) is 0 Å². The van der Waals surface area contributed by atoms with E-state index >= 15 is 0 Å². The maximum absolute atomic E-state index is 12.4. The molecule has 2 rings (SSSR count). The van der Waals surface area contributed by atoms with Gasteiger partial charge >= 0.3 is 0 Å². The Bertz CT molecular complexity index is 785. The molecule has 23 heavy (non-hydrogen) atoms. The first-order valence-corrected chi connectivity index (χ1v) is 7.42. The van der Waals surface area contributed by atoms with E-state index in [2.05, 4.69) is 15.3 Å². The average Bonchev–Trinajstić information content (AvgIpc) is 2.52. The van der Waals surface area contributed by atoms with Crippen molar-refractivity contribution in [1.29, 1.82) is 0 Å². The van der Waals surface area contributed by atoms with Crippen molar-refractivity contribution >= 4 is 22.6 Å². The predicted octanol–water partition coefficient (Wildman–Crippen LogP) is 2.88. The van der Waals surface area contributed by atoms with E-state index in [1.807, 2.05) is 39.0 Å². The van der Waals surface area contributed by atoms with Crippen molar-refractivity contribution in [2.75, 3.05) is 7.05 Å². The summed E-state index contributed by atoms with van der Waals surface area (Å²) in [6, 6.07) is 9.22. The number of carbonyl (C=O) groups excluding carboxylic acids is 1. The highest BCUT2D eigenvalue weighted by Gasteiger charge is 2.15. The summed E-state index contributed by atoms with van der Waals surface area (Å²) in [7, 11) is 1.62. The molecule has 0 aliphatic carbocycles. The Balaban J connectivity index is 2.22. The molecule has 5 heteroatoms. The van der Waals surface area contributed by atoms with Crippen LogP contribution in [0.4, 0.5) is 0 Å². The Kier molecular flexibility index (Phi) is 4.79. The van der Waals surface area contributed by atoms with Crippen molar-refractivity contribution < 1.29 is 4.79 Å². The molecule has 0 fully saturated rings. The quantitative estimate of drug-likeness (QED) is 0.661. The maximum Gasteiger partial charge on any atom is 0.256 e. The first-order chi connectivity index (χ1) is 10.8. The number of carbonyl (C=O) groups is 1. The SMILES string of the molecule is CN=C(C=C(N)C(C)(C)C)NC(=O)c1ccc2cccnc2c1. The zero-order valence-electron chi connectivity index (χ0n) is 13.9. The number of benzene rings is 1. The molecule has 1 aromatic carbocycles. The second-order valence-corrected chi connectivity index (χ2v) is 6.32. The molecular formula is C18H22N4O. The van der Waals surface area contributed by atoms with Gasteiger partial charge < -0.3 is 11.1 Å². The second-order valence-electron chi connectivity index (χ2n) is 6.32. The number of hydrogen-bond acceptors (Lipinski definition) is 4. The van der Waals surface area contributed by atoms with E-state index in [-0.39, 0.29) is 11.3 Å². The number of aliphatic imine (C=N–C) groups is 1. The third-order valence-corrected chi connectivity index (χ3v) is 3.51. The second kappa shape index (κ2) is 6.60. The van der Waals surface area contributed by atoms with Crippen molar-refractivity contribution in [3.05, 3.63) is 53.9 Å². The van der Waals surface area contributed by atoms with E-state index in [0.717, 1.165) is 10.9 Å². The van der Waals surface area contributed by atoms with Crippen molar-refractivity contribution in [2.45, 2.75) is 20.8 Å². The van der Waals surface area contributed by atoms with E-state index in [1.54, 1.807) is 31.5 Å². The normalized spacial score (nSPS) is 13.2. The van der Waals surface area contributed by atoms with Gasteiger partial charge in [0.2, 0.25) is 0 Å². The number of amides is 1. The van der Waals surface area contributed by atoms with E-state index in [0.29, 0.717) is 17.1 Å². The van der Waals surface area contributed by atoms with Crippen LogP contribution in [0.3, 0.4) is 0 Å². The van der Waals surface area contributed by atoms with Crippen LogP contribution < -0.4 is 11.1 Å². The first kappa shape index (κ1) is 16.7. The fraction of sp³-hybridized carbons (Fsp3) is 0.278. The van der Waals surface area contributed by atoms with Crippen molar-refractivity contribution in [3.8, 4) is 0 Å². The van der Waals surface area contributed by atoms with Crippen LogP contribution in [-0.2, 0) is 0 Å². The smallest absolute Gasteiger partial charge is 0.256 e. The zero-order valence-corrected chi connectivity index (χ0v) is 13.9. The molecule has 5 nitrogen and oxygen atoms in total. The van der Waals surface area contributed by atoms with Gasteiger partial charge in [-0.2, -0.15) is 0 Å². The van der Waals surface area contributed by atoms with Gasteiger partial charge in [0.05, 0.1) is 5.52 Å². The molecule has 0 unspecified atom stereocenters. The Morgan fingerprint density at radius 2 is 2.04 bits per heavy atom. The standard InChI is InChI=1S/C18H22N4O/c1-18(2,3)15(19)11-16(20-4)22-17(23)13-8-7-12-6-5-9-21-14(12)10-13/h5-11H,19H2,1-4H3,(H,20,22,23). The molecule has 0 radical (unpaired) electrons. The van der Waals surface area contributed by atoms with Crippen LogP contribution in [-0.4, -0.2) is 23.8 Å². The Morgan fingerprint density at radius 1 is 1.30 bits per heavy atom. The molecule has 0 aliphatic rings. The number of aromatic nitrogens is 1. The summed E-state index contributed by atoms with van der Waals surface area (Å²) in [6.45, 7) is 6.01. The van der Waals surface area contributed by atoms with E-state index in [1.165, 1.54) is 0 Å². The molecule has 1 amide bonds. The number of fused-ring (bicyclic) bond motifs is 1. The number of pyridine rings is 1. The van der Waals surface area contributed by atoms with Crippen LogP contribution in [0.15, 0.2) is 53.3 Å². The third-order valence-electron chi connectivity index (χ3n) is 3.51. The van der Waals surface area contributed by atoms with Gasteiger partial charge in [0.1, 0.15) is 5.84 Å². The molecule has 3 N–H and O–H groups in total. The van der Waals surface area contributed by atoms with E-state index in [9.17, 15) is 4.79 Å². The lowest BCUT2D eigenvalue weighted by Crippen LogP contribution is -2.31. The molecule has 0 bridgehead atoms. The first-order valence-electron chi connectivity index (χ1n) is 7.42. The summed E-state index contributed by atoms with van der Waals surface area (Å²) < 4.78 is 0. The fourth-order valence-electron chi connectivity index (χ4n) is 1.92. The largest absolute Gasteiger partial charge is 0.401 e. The molecule has 0 saturated heterocycles. The monoisotopic (exact) mass is 310 g/mol. The highest BCUT2D eigenvalue weighted by molar-refractivity contribution is 6.11. The number of nitrogens with two attached hydrogens (primary N) is 1. The number of rotatable bonds is 2. The summed E-state index contributed by atoms with van der Waals surface area (Å²) in [5.74, 6) is 0.194. The predicted molar refractivity (Wildman–Crippen MR) is 94.3 cm³/mol. The Labute approximate surface area is 136 Å². The Hall–Kier alpha value is -2.69. The summed E-state index contributed by atoms with van der Waals surface area (Å²) in [5, 5.41) is 3.77. The number of nitrogens with one attached hydrogen (secondary N) is 1. The van der Waals surface area contributed by atoms with E-state index in [4.69, 9.17) is 5.73 Å². The minimum atomic E-state index is -0.240. The van der Waals surface area contributed by atoms with Gasteiger partial charge in [-0.05, 0) is 24.3 Å². The molecule has 0 atom stereocenters. The molecular weight excluding hydrogens is 288 g/mol. The molecule has 1 heterocycles. The van der Waals surface area contributed by atoms with Gasteiger partial charge in [0.25, 0.3) is 5.91 Å². The lowest BCUT2D eigenvalue weighted by atomic mass is 9.92. The van der Waals surface area contributed by atoms with Gasteiger partial charge in [-0.3, -0.25) is 14.8 Å².